The molecule has 5 rings (SSSR count). The lowest BCUT2D eigenvalue weighted by Crippen LogP contribution is -2.53. The fourth-order valence-electron chi connectivity index (χ4n) is 5.77. The number of aromatic amines is 1. The van der Waals surface area contributed by atoms with Crippen LogP contribution in [0.4, 0.5) is 15.3 Å². The van der Waals surface area contributed by atoms with E-state index in [1.807, 2.05) is 73.8 Å². The molecular formula is C33H37N5O4. The summed E-state index contributed by atoms with van der Waals surface area (Å²) < 4.78 is 0. The number of aromatic nitrogens is 1. The Morgan fingerprint density at radius 3 is 2.48 bits per heavy atom. The molecule has 0 aliphatic carbocycles. The maximum absolute atomic E-state index is 13.8. The van der Waals surface area contributed by atoms with Gasteiger partial charge in [-0.25, -0.2) is 9.59 Å². The number of para-hydroxylation sites is 1. The van der Waals surface area contributed by atoms with Gasteiger partial charge in [-0.2, -0.15) is 0 Å². The van der Waals surface area contributed by atoms with Crippen LogP contribution in [0, 0.1) is 0 Å². The monoisotopic (exact) mass is 567 g/mol. The first-order chi connectivity index (χ1) is 20.4. The van der Waals surface area contributed by atoms with Crippen molar-refractivity contribution in [2.24, 2.45) is 0 Å². The number of carboxylic acid groups (broad SMARTS) is 1. The van der Waals surface area contributed by atoms with Gasteiger partial charge in [-0.1, -0.05) is 67.6 Å². The van der Waals surface area contributed by atoms with Crippen LogP contribution in [0.25, 0.3) is 10.9 Å². The van der Waals surface area contributed by atoms with Crippen LogP contribution in [-0.2, 0) is 11.2 Å². The number of anilines is 1. The molecule has 0 radical (unpaired) electrons. The smallest absolute Gasteiger partial charge is 0.404 e. The lowest BCUT2D eigenvalue weighted by Gasteiger charge is -2.34. The van der Waals surface area contributed by atoms with Crippen LogP contribution in [0.5, 0.6) is 0 Å². The van der Waals surface area contributed by atoms with Crippen molar-refractivity contribution in [3.63, 3.8) is 0 Å². The Morgan fingerprint density at radius 2 is 1.71 bits per heavy atom. The van der Waals surface area contributed by atoms with E-state index in [1.54, 1.807) is 11.0 Å². The first kappa shape index (κ1) is 28.7. The molecule has 0 bridgehead atoms. The van der Waals surface area contributed by atoms with E-state index in [2.05, 4.69) is 33.1 Å². The number of amides is 4. The molecule has 0 spiro atoms. The molecule has 2 heterocycles. The number of nitrogens with one attached hydrogen (secondary N) is 4. The van der Waals surface area contributed by atoms with Gasteiger partial charge in [0.25, 0.3) is 0 Å². The molecule has 1 aliphatic heterocycles. The third-order valence-corrected chi connectivity index (χ3v) is 8.11. The van der Waals surface area contributed by atoms with Gasteiger partial charge in [-0.3, -0.25) is 4.79 Å². The van der Waals surface area contributed by atoms with Gasteiger partial charge < -0.3 is 30.9 Å². The number of hydrogen-bond donors (Lipinski definition) is 5. The van der Waals surface area contributed by atoms with Gasteiger partial charge in [0.05, 0.1) is 0 Å². The third kappa shape index (κ3) is 6.91. The zero-order valence-corrected chi connectivity index (χ0v) is 23.7. The van der Waals surface area contributed by atoms with E-state index < -0.39 is 12.1 Å². The minimum atomic E-state index is -1.08. The number of urea groups is 1. The molecule has 2 atom stereocenters. The minimum absolute atomic E-state index is 0.248. The molecule has 1 aromatic heterocycles. The zero-order chi connectivity index (χ0) is 29.5. The molecule has 4 amide bonds. The highest BCUT2D eigenvalue weighted by atomic mass is 16.4. The Balaban J connectivity index is 1.31. The highest BCUT2D eigenvalue weighted by Gasteiger charge is 2.32. The number of hydrogen-bond acceptors (Lipinski definition) is 3. The van der Waals surface area contributed by atoms with Gasteiger partial charge >= 0.3 is 12.1 Å². The Bertz CT molecular complexity index is 1530. The molecule has 0 unspecified atom stereocenters. The van der Waals surface area contributed by atoms with E-state index in [1.165, 1.54) is 5.56 Å². The fraction of sp³-hybridized carbons (Fsp3) is 0.303. The predicted octanol–water partition coefficient (Wildman–Crippen LogP) is 5.68. The Hall–Kier alpha value is -4.79. The summed E-state index contributed by atoms with van der Waals surface area (Å²) in [6.07, 6.45) is 3.06. The van der Waals surface area contributed by atoms with E-state index in [0.29, 0.717) is 31.1 Å². The summed E-state index contributed by atoms with van der Waals surface area (Å²) in [5.74, 6) is -0.228. The molecule has 5 N–H and O–H groups in total. The summed E-state index contributed by atoms with van der Waals surface area (Å²) >= 11 is 0. The molecule has 1 fully saturated rings. The number of carbonyl (C=O) groups is 3. The number of carbonyl (C=O) groups excluding carboxylic acids is 2. The Kier molecular flexibility index (Phi) is 9.06. The Morgan fingerprint density at radius 1 is 0.976 bits per heavy atom. The minimum Gasteiger partial charge on any atom is -0.465 e. The molecule has 1 aliphatic rings. The number of likely N-dealkylation sites (tertiary alicyclic amines) is 1. The molecule has 218 valence electrons. The van der Waals surface area contributed by atoms with Crippen molar-refractivity contribution >= 4 is 34.6 Å². The molecule has 4 aromatic rings. The third-order valence-electron chi connectivity index (χ3n) is 8.11. The molecule has 42 heavy (non-hydrogen) atoms. The maximum atomic E-state index is 13.8. The quantitative estimate of drug-likeness (QED) is 0.178. The van der Waals surface area contributed by atoms with Crippen molar-refractivity contribution in [1.29, 1.82) is 0 Å². The highest BCUT2D eigenvalue weighted by molar-refractivity contribution is 5.98. The van der Waals surface area contributed by atoms with Crippen molar-refractivity contribution < 1.29 is 19.5 Å². The van der Waals surface area contributed by atoms with E-state index in [9.17, 15) is 14.4 Å². The van der Waals surface area contributed by atoms with Crippen LogP contribution in [-0.4, -0.2) is 58.7 Å². The summed E-state index contributed by atoms with van der Waals surface area (Å²) in [7, 11) is 0. The van der Waals surface area contributed by atoms with Crippen LogP contribution < -0.4 is 16.0 Å². The number of nitrogens with zero attached hydrogens (tertiary/aromatic N) is 1. The van der Waals surface area contributed by atoms with Gasteiger partial charge in [0, 0.05) is 48.3 Å². The molecule has 9 heteroatoms. The topological polar surface area (TPSA) is 127 Å². The first-order valence-electron chi connectivity index (χ1n) is 14.4. The fourth-order valence-corrected chi connectivity index (χ4v) is 5.77. The largest absolute Gasteiger partial charge is 0.465 e. The SMILES string of the molecule is C[C@@H](c1c[nH]c2ccccc12)[C@@H](NC(=O)N1CCC(c2ccccc2)CC1)C(=O)Nc1cccc(CCNC(=O)O)c1. The van der Waals surface area contributed by atoms with Crippen molar-refractivity contribution in [3.05, 3.63) is 102 Å². The summed E-state index contributed by atoms with van der Waals surface area (Å²) in [6, 6.07) is 24.5. The van der Waals surface area contributed by atoms with Crippen LogP contribution in [0.2, 0.25) is 0 Å². The first-order valence-corrected chi connectivity index (χ1v) is 14.4. The number of H-pyrrole nitrogens is 1. The van der Waals surface area contributed by atoms with Crippen molar-refractivity contribution in [3.8, 4) is 0 Å². The summed E-state index contributed by atoms with van der Waals surface area (Å²) in [6.45, 7) is 3.46. The number of benzene rings is 3. The van der Waals surface area contributed by atoms with Crippen LogP contribution in [0.3, 0.4) is 0 Å². The van der Waals surface area contributed by atoms with Crippen LogP contribution in [0.15, 0.2) is 85.1 Å². The zero-order valence-electron chi connectivity index (χ0n) is 23.7. The number of fused-ring (bicyclic) bond motifs is 1. The second kappa shape index (κ2) is 13.2. The van der Waals surface area contributed by atoms with Crippen LogP contribution >= 0.6 is 0 Å². The molecule has 9 nitrogen and oxygen atoms in total. The Labute approximate surface area is 245 Å². The van der Waals surface area contributed by atoms with Gasteiger partial charge in [0.1, 0.15) is 6.04 Å². The van der Waals surface area contributed by atoms with Crippen molar-refractivity contribution in [2.45, 2.75) is 44.1 Å². The second-order valence-corrected chi connectivity index (χ2v) is 10.8. The lowest BCUT2D eigenvalue weighted by molar-refractivity contribution is -0.118. The normalized spacial score (nSPS) is 15.1. The van der Waals surface area contributed by atoms with Crippen molar-refractivity contribution in [2.75, 3.05) is 25.0 Å². The second-order valence-electron chi connectivity index (χ2n) is 10.8. The average molecular weight is 568 g/mol. The number of rotatable bonds is 9. The van der Waals surface area contributed by atoms with Gasteiger partial charge in [-0.15, -0.1) is 0 Å². The van der Waals surface area contributed by atoms with Gasteiger partial charge in [-0.05, 0) is 60.1 Å². The average Bonchev–Trinajstić information content (AvgIpc) is 3.44. The van der Waals surface area contributed by atoms with E-state index in [0.717, 1.165) is 34.9 Å². The van der Waals surface area contributed by atoms with Gasteiger partial charge in [0.2, 0.25) is 5.91 Å². The summed E-state index contributed by atoms with van der Waals surface area (Å²) in [4.78, 5) is 43.2. The molecule has 1 saturated heterocycles. The highest BCUT2D eigenvalue weighted by Crippen LogP contribution is 2.30. The number of piperidine rings is 1. The molecule has 3 aromatic carbocycles. The predicted molar refractivity (Wildman–Crippen MR) is 164 cm³/mol. The van der Waals surface area contributed by atoms with Gasteiger partial charge in [0.15, 0.2) is 0 Å². The van der Waals surface area contributed by atoms with Crippen molar-refractivity contribution in [1.82, 2.24) is 20.5 Å². The molecular weight excluding hydrogens is 530 g/mol. The summed E-state index contributed by atoms with van der Waals surface area (Å²) in [5.41, 5.74) is 4.68. The standard InChI is InChI=1S/C33H37N5O4/c1-22(28-21-35-29-13-6-5-12-27(28)29)30(31(39)36-26-11-7-8-23(20-26)14-17-34-33(41)42)37-32(40)38-18-15-25(16-19-38)24-9-3-2-4-10-24/h2-13,20-22,25,30,34-35H,14-19H2,1H3,(H,36,39)(H,37,40)(H,41,42)/t22-,30+/m0/s1. The van der Waals surface area contributed by atoms with Crippen LogP contribution in [0.1, 0.15) is 48.3 Å². The van der Waals surface area contributed by atoms with E-state index in [4.69, 9.17) is 5.11 Å². The summed E-state index contributed by atoms with van der Waals surface area (Å²) in [5, 5.41) is 18.3. The maximum Gasteiger partial charge on any atom is 0.404 e. The lowest BCUT2D eigenvalue weighted by atomic mass is 9.89. The molecule has 0 saturated carbocycles. The van der Waals surface area contributed by atoms with E-state index >= 15 is 0 Å². The van der Waals surface area contributed by atoms with E-state index in [-0.39, 0.29) is 24.4 Å².